The standard InChI is InChI=1S/C23H18N6O2S/c24-12-15-2-1-3-16(10-15)20-21(17-4-5-19-18(11-17)13-25-14-26-19)32-22(27-20)28-23(30)29-6-8-31-9-7-29/h1-5,10-11,13-14H,6-9H2,(H,27,28,30). The number of nitrogens with one attached hydrogen (secondary N) is 1. The van der Waals surface area contributed by atoms with Crippen LogP contribution in [0, 0.1) is 11.3 Å². The lowest BCUT2D eigenvalue weighted by molar-refractivity contribution is 0.0564. The lowest BCUT2D eigenvalue weighted by atomic mass is 10.0. The highest BCUT2D eigenvalue weighted by Gasteiger charge is 2.21. The maximum absolute atomic E-state index is 12.7. The Morgan fingerprint density at radius 2 is 2.03 bits per heavy atom. The number of benzene rings is 2. The van der Waals surface area contributed by atoms with Gasteiger partial charge in [0.2, 0.25) is 0 Å². The van der Waals surface area contributed by atoms with Crippen molar-refractivity contribution < 1.29 is 9.53 Å². The number of ether oxygens (including phenoxy) is 1. The van der Waals surface area contributed by atoms with E-state index in [1.54, 1.807) is 23.2 Å². The second-order valence-corrected chi connectivity index (χ2v) is 8.21. The van der Waals surface area contributed by atoms with Crippen molar-refractivity contribution in [1.82, 2.24) is 19.9 Å². The number of hydrogen-bond acceptors (Lipinski definition) is 7. The largest absolute Gasteiger partial charge is 0.378 e. The maximum atomic E-state index is 12.7. The van der Waals surface area contributed by atoms with Gasteiger partial charge in [0.1, 0.15) is 6.33 Å². The van der Waals surface area contributed by atoms with E-state index in [1.807, 2.05) is 30.3 Å². The van der Waals surface area contributed by atoms with Gasteiger partial charge < -0.3 is 9.64 Å². The van der Waals surface area contributed by atoms with Gasteiger partial charge in [-0.05, 0) is 29.8 Å². The number of anilines is 1. The Balaban J connectivity index is 1.56. The van der Waals surface area contributed by atoms with Crippen LogP contribution in [-0.2, 0) is 4.74 Å². The fraction of sp³-hybridized carbons (Fsp3) is 0.174. The van der Waals surface area contributed by atoms with Gasteiger partial charge in [-0.15, -0.1) is 0 Å². The van der Waals surface area contributed by atoms with Crippen LogP contribution in [0.25, 0.3) is 32.6 Å². The van der Waals surface area contributed by atoms with E-state index >= 15 is 0 Å². The second-order valence-electron chi connectivity index (χ2n) is 7.22. The van der Waals surface area contributed by atoms with Gasteiger partial charge in [-0.25, -0.2) is 19.7 Å². The number of hydrogen-bond donors (Lipinski definition) is 1. The highest BCUT2D eigenvalue weighted by atomic mass is 32.1. The van der Waals surface area contributed by atoms with Crippen LogP contribution in [0.3, 0.4) is 0 Å². The minimum Gasteiger partial charge on any atom is -0.378 e. The van der Waals surface area contributed by atoms with Crippen molar-refractivity contribution in [3.8, 4) is 27.8 Å². The van der Waals surface area contributed by atoms with Crippen LogP contribution in [-0.4, -0.2) is 52.2 Å². The highest BCUT2D eigenvalue weighted by molar-refractivity contribution is 7.19. The molecule has 8 nitrogen and oxygen atoms in total. The van der Waals surface area contributed by atoms with Crippen LogP contribution in [0.4, 0.5) is 9.93 Å². The normalized spacial score (nSPS) is 13.7. The van der Waals surface area contributed by atoms with Gasteiger partial charge in [0.15, 0.2) is 5.13 Å². The van der Waals surface area contributed by atoms with Gasteiger partial charge in [-0.2, -0.15) is 5.26 Å². The Morgan fingerprint density at radius 1 is 1.16 bits per heavy atom. The average molecular weight is 443 g/mol. The predicted molar refractivity (Wildman–Crippen MR) is 122 cm³/mol. The molecule has 158 valence electrons. The third-order valence-electron chi connectivity index (χ3n) is 5.17. The smallest absolute Gasteiger partial charge is 0.323 e. The van der Waals surface area contributed by atoms with E-state index in [9.17, 15) is 10.1 Å². The summed E-state index contributed by atoms with van der Waals surface area (Å²) < 4.78 is 5.32. The molecule has 2 aromatic heterocycles. The molecule has 1 aliphatic rings. The molecule has 1 aliphatic heterocycles. The molecule has 1 fully saturated rings. The topological polar surface area (TPSA) is 104 Å². The number of thiazole rings is 1. The third-order valence-corrected chi connectivity index (χ3v) is 6.19. The summed E-state index contributed by atoms with van der Waals surface area (Å²) in [6, 6.07) is 15.2. The Bertz CT molecular complexity index is 1340. The van der Waals surface area contributed by atoms with E-state index in [1.165, 1.54) is 17.7 Å². The fourth-order valence-corrected chi connectivity index (χ4v) is 4.54. The Hall–Kier alpha value is -3.87. The first-order valence-corrected chi connectivity index (χ1v) is 10.9. The lowest BCUT2D eigenvalue weighted by Crippen LogP contribution is -2.43. The molecule has 1 saturated heterocycles. The lowest BCUT2D eigenvalue weighted by Gasteiger charge is -2.26. The average Bonchev–Trinajstić information content (AvgIpc) is 3.28. The number of carbonyl (C=O) groups excluding carboxylic acids is 1. The number of amides is 2. The van der Waals surface area contributed by atoms with Crippen molar-refractivity contribution in [1.29, 1.82) is 5.26 Å². The molecule has 0 bridgehead atoms. The van der Waals surface area contributed by atoms with Crippen LogP contribution in [0.5, 0.6) is 0 Å². The zero-order chi connectivity index (χ0) is 21.9. The number of nitriles is 1. The molecule has 3 heterocycles. The fourth-order valence-electron chi connectivity index (χ4n) is 3.56. The quantitative estimate of drug-likeness (QED) is 0.511. The number of carbonyl (C=O) groups is 1. The molecule has 0 atom stereocenters. The summed E-state index contributed by atoms with van der Waals surface area (Å²) in [5.74, 6) is 0. The van der Waals surface area contributed by atoms with Crippen molar-refractivity contribution >= 4 is 33.4 Å². The summed E-state index contributed by atoms with van der Waals surface area (Å²) in [5.41, 5.74) is 3.86. The molecule has 2 amide bonds. The first kappa shape index (κ1) is 20.1. The summed E-state index contributed by atoms with van der Waals surface area (Å²) >= 11 is 1.40. The summed E-state index contributed by atoms with van der Waals surface area (Å²) in [6.07, 6.45) is 3.29. The number of urea groups is 1. The number of morpholine rings is 1. The van der Waals surface area contributed by atoms with Crippen molar-refractivity contribution in [2.24, 2.45) is 0 Å². The van der Waals surface area contributed by atoms with Crippen LogP contribution in [0.1, 0.15) is 5.56 Å². The number of rotatable bonds is 3. The Labute approximate surface area is 188 Å². The summed E-state index contributed by atoms with van der Waals surface area (Å²) in [5, 5.41) is 13.7. The van der Waals surface area contributed by atoms with Crippen molar-refractivity contribution in [3.63, 3.8) is 0 Å². The van der Waals surface area contributed by atoms with Gasteiger partial charge in [-0.1, -0.05) is 29.5 Å². The molecule has 0 unspecified atom stereocenters. The van der Waals surface area contributed by atoms with Crippen LogP contribution >= 0.6 is 11.3 Å². The summed E-state index contributed by atoms with van der Waals surface area (Å²) in [6.45, 7) is 2.15. The molecular formula is C23H18N6O2S. The van der Waals surface area contributed by atoms with Gasteiger partial charge in [0, 0.05) is 30.2 Å². The Kier molecular flexibility index (Phi) is 5.46. The second kappa shape index (κ2) is 8.70. The first-order chi connectivity index (χ1) is 15.7. The number of aromatic nitrogens is 3. The predicted octanol–water partition coefficient (Wildman–Crippen LogP) is 4.16. The van der Waals surface area contributed by atoms with Crippen molar-refractivity contribution in [2.45, 2.75) is 0 Å². The van der Waals surface area contributed by atoms with E-state index in [0.717, 1.165) is 26.9 Å². The maximum Gasteiger partial charge on any atom is 0.323 e. The van der Waals surface area contributed by atoms with Gasteiger partial charge >= 0.3 is 6.03 Å². The third kappa shape index (κ3) is 4.01. The van der Waals surface area contributed by atoms with Crippen LogP contribution in [0.2, 0.25) is 0 Å². The highest BCUT2D eigenvalue weighted by Crippen LogP contribution is 2.40. The molecule has 0 spiro atoms. The summed E-state index contributed by atoms with van der Waals surface area (Å²) in [4.78, 5) is 28.4. The SMILES string of the molecule is N#Cc1cccc(-c2nc(NC(=O)N3CCOCC3)sc2-c2ccc3ncncc3c2)c1. The van der Waals surface area contributed by atoms with E-state index in [-0.39, 0.29) is 6.03 Å². The number of fused-ring (bicyclic) bond motifs is 1. The summed E-state index contributed by atoms with van der Waals surface area (Å²) in [7, 11) is 0. The molecule has 0 saturated carbocycles. The van der Waals surface area contributed by atoms with E-state index in [2.05, 4.69) is 21.4 Å². The molecular weight excluding hydrogens is 424 g/mol. The zero-order valence-electron chi connectivity index (χ0n) is 17.0. The molecule has 2 aromatic carbocycles. The van der Waals surface area contributed by atoms with Gasteiger partial charge in [-0.3, -0.25) is 5.32 Å². The molecule has 4 aromatic rings. The Morgan fingerprint density at radius 3 is 2.88 bits per heavy atom. The first-order valence-electron chi connectivity index (χ1n) is 10.1. The van der Waals surface area contributed by atoms with Crippen molar-refractivity contribution in [2.75, 3.05) is 31.6 Å². The minimum absolute atomic E-state index is 0.196. The molecule has 1 N–H and O–H groups in total. The zero-order valence-corrected chi connectivity index (χ0v) is 17.8. The van der Waals surface area contributed by atoms with Gasteiger partial charge in [0.25, 0.3) is 0 Å². The van der Waals surface area contributed by atoms with E-state index < -0.39 is 0 Å². The van der Waals surface area contributed by atoms with Gasteiger partial charge in [0.05, 0.1) is 40.9 Å². The van der Waals surface area contributed by atoms with Crippen LogP contribution < -0.4 is 5.32 Å². The molecule has 32 heavy (non-hydrogen) atoms. The van der Waals surface area contributed by atoms with Crippen molar-refractivity contribution in [3.05, 3.63) is 60.6 Å². The minimum atomic E-state index is -0.196. The van der Waals surface area contributed by atoms with Crippen LogP contribution in [0.15, 0.2) is 55.0 Å². The van der Waals surface area contributed by atoms with E-state index in [4.69, 9.17) is 9.72 Å². The molecule has 0 radical (unpaired) electrons. The molecule has 9 heteroatoms. The van der Waals surface area contributed by atoms with E-state index in [0.29, 0.717) is 42.7 Å². The molecule has 0 aliphatic carbocycles. The molecule has 5 rings (SSSR count). The number of nitrogens with zero attached hydrogens (tertiary/aromatic N) is 5. The monoisotopic (exact) mass is 442 g/mol.